The minimum absolute atomic E-state index is 0.0954. The van der Waals surface area contributed by atoms with Gasteiger partial charge in [0.25, 0.3) is 0 Å². The Morgan fingerprint density at radius 1 is 1.03 bits per heavy atom. The van der Waals surface area contributed by atoms with Crippen molar-refractivity contribution in [2.24, 2.45) is 0 Å². The van der Waals surface area contributed by atoms with Crippen molar-refractivity contribution in [3.63, 3.8) is 0 Å². The van der Waals surface area contributed by atoms with Crippen LogP contribution in [0.2, 0.25) is 0 Å². The first kappa shape index (κ1) is 19.9. The Hall–Kier alpha value is -4.37. The number of carbonyl (C=O) groups is 1. The topological polar surface area (TPSA) is 75.2 Å². The van der Waals surface area contributed by atoms with Gasteiger partial charge in [-0.25, -0.2) is 9.18 Å². The van der Waals surface area contributed by atoms with Crippen LogP contribution in [0.1, 0.15) is 21.5 Å². The van der Waals surface area contributed by atoms with Gasteiger partial charge in [0.1, 0.15) is 24.2 Å². The highest BCUT2D eigenvalue weighted by molar-refractivity contribution is 5.87. The minimum Gasteiger partial charge on any atom is -0.489 e. The van der Waals surface area contributed by atoms with E-state index in [0.717, 1.165) is 11.3 Å². The fraction of sp³-hybridized carbons (Fsp3) is 0.0400. The molecule has 0 saturated carbocycles. The summed E-state index contributed by atoms with van der Waals surface area (Å²) in [5, 5.41) is 18.7. The molecule has 6 heteroatoms. The van der Waals surface area contributed by atoms with Gasteiger partial charge in [-0.15, -0.1) is 0 Å². The summed E-state index contributed by atoms with van der Waals surface area (Å²) >= 11 is 0. The standard InChI is InChI=1S/C25H17FN2O3/c26-24-7-2-1-4-19(24)16-31-22-6-3-5-18(12-22)23-15-28(14-20(23)13-27)21-10-8-17(9-11-21)25(29)30/h1-12,14-15H,16H2,(H,29,30). The molecule has 0 aliphatic heterocycles. The van der Waals surface area contributed by atoms with Crippen molar-refractivity contribution < 1.29 is 19.0 Å². The first-order valence-corrected chi connectivity index (χ1v) is 9.47. The van der Waals surface area contributed by atoms with E-state index < -0.39 is 5.97 Å². The predicted molar refractivity (Wildman–Crippen MR) is 114 cm³/mol. The van der Waals surface area contributed by atoms with E-state index in [1.165, 1.54) is 18.2 Å². The largest absolute Gasteiger partial charge is 0.489 e. The van der Waals surface area contributed by atoms with E-state index in [2.05, 4.69) is 6.07 Å². The summed E-state index contributed by atoms with van der Waals surface area (Å²) < 4.78 is 21.3. The lowest BCUT2D eigenvalue weighted by atomic mass is 10.1. The molecular weight excluding hydrogens is 395 g/mol. The Bertz CT molecular complexity index is 1290. The summed E-state index contributed by atoms with van der Waals surface area (Å²) in [5.74, 6) is -0.760. The van der Waals surface area contributed by atoms with Crippen LogP contribution in [-0.2, 0) is 6.61 Å². The van der Waals surface area contributed by atoms with Crippen molar-refractivity contribution in [3.8, 4) is 28.6 Å². The van der Waals surface area contributed by atoms with Crippen molar-refractivity contribution in [1.82, 2.24) is 4.57 Å². The van der Waals surface area contributed by atoms with Crippen LogP contribution in [0.25, 0.3) is 16.8 Å². The molecule has 0 saturated heterocycles. The minimum atomic E-state index is -0.996. The van der Waals surface area contributed by atoms with Crippen molar-refractivity contribution in [2.75, 3.05) is 0 Å². The van der Waals surface area contributed by atoms with E-state index in [4.69, 9.17) is 9.84 Å². The van der Waals surface area contributed by atoms with Crippen molar-refractivity contribution >= 4 is 5.97 Å². The number of hydrogen-bond acceptors (Lipinski definition) is 3. The van der Waals surface area contributed by atoms with Crippen LogP contribution in [0.15, 0.2) is 85.2 Å². The molecule has 0 atom stereocenters. The number of carboxylic acids is 1. The molecule has 1 aromatic heterocycles. The monoisotopic (exact) mass is 412 g/mol. The Labute approximate surface area is 178 Å². The first-order valence-electron chi connectivity index (χ1n) is 9.47. The van der Waals surface area contributed by atoms with E-state index in [1.807, 2.05) is 18.3 Å². The number of rotatable bonds is 6. The third-order valence-corrected chi connectivity index (χ3v) is 4.86. The molecule has 0 aliphatic rings. The zero-order valence-corrected chi connectivity index (χ0v) is 16.3. The highest BCUT2D eigenvalue weighted by Gasteiger charge is 2.12. The summed E-state index contributed by atoms with van der Waals surface area (Å²) in [5.41, 5.74) is 3.34. The van der Waals surface area contributed by atoms with Gasteiger partial charge >= 0.3 is 5.97 Å². The molecule has 3 aromatic carbocycles. The number of carboxylic acid groups (broad SMARTS) is 1. The number of ether oxygens (including phenoxy) is 1. The maximum atomic E-state index is 13.8. The molecule has 152 valence electrons. The molecule has 0 fully saturated rings. The first-order chi connectivity index (χ1) is 15.0. The summed E-state index contributed by atoms with van der Waals surface area (Å²) in [7, 11) is 0. The molecule has 4 aromatic rings. The Morgan fingerprint density at radius 3 is 2.52 bits per heavy atom. The van der Waals surface area contributed by atoms with Crippen molar-refractivity contribution in [2.45, 2.75) is 6.61 Å². The zero-order chi connectivity index (χ0) is 21.8. The van der Waals surface area contributed by atoms with Crippen LogP contribution in [0, 0.1) is 17.1 Å². The highest BCUT2D eigenvalue weighted by Crippen LogP contribution is 2.29. The number of hydrogen-bond donors (Lipinski definition) is 1. The van der Waals surface area contributed by atoms with Crippen LogP contribution < -0.4 is 4.74 Å². The number of benzene rings is 3. The quantitative estimate of drug-likeness (QED) is 0.458. The number of nitriles is 1. The van der Waals surface area contributed by atoms with Crippen LogP contribution >= 0.6 is 0 Å². The lowest BCUT2D eigenvalue weighted by Gasteiger charge is -2.09. The van der Waals surface area contributed by atoms with E-state index in [1.54, 1.807) is 53.2 Å². The molecule has 0 aliphatic carbocycles. The molecule has 4 rings (SSSR count). The lowest BCUT2D eigenvalue weighted by Crippen LogP contribution is -1.98. The Morgan fingerprint density at radius 2 is 1.81 bits per heavy atom. The van der Waals surface area contributed by atoms with E-state index in [-0.39, 0.29) is 18.0 Å². The number of aromatic nitrogens is 1. The van der Waals surface area contributed by atoms with Crippen LogP contribution in [0.3, 0.4) is 0 Å². The number of nitrogens with zero attached hydrogens (tertiary/aromatic N) is 2. The molecule has 31 heavy (non-hydrogen) atoms. The summed E-state index contributed by atoms with van der Waals surface area (Å²) in [6.07, 6.45) is 3.50. The second-order valence-corrected chi connectivity index (χ2v) is 6.86. The summed E-state index contributed by atoms with van der Waals surface area (Å²) in [6, 6.07) is 22.3. The van der Waals surface area contributed by atoms with Gasteiger partial charge < -0.3 is 14.4 Å². The molecule has 1 N–H and O–H groups in total. The fourth-order valence-corrected chi connectivity index (χ4v) is 3.23. The van der Waals surface area contributed by atoms with Gasteiger partial charge in [0.05, 0.1) is 11.1 Å². The average Bonchev–Trinajstić information content (AvgIpc) is 3.23. The molecule has 0 spiro atoms. The van der Waals surface area contributed by atoms with Gasteiger partial charge in [-0.3, -0.25) is 0 Å². The second-order valence-electron chi connectivity index (χ2n) is 6.86. The lowest BCUT2D eigenvalue weighted by molar-refractivity contribution is 0.0697. The number of aromatic carboxylic acids is 1. The molecule has 0 unspecified atom stereocenters. The van der Waals surface area contributed by atoms with E-state index in [0.29, 0.717) is 22.4 Å². The number of halogens is 1. The predicted octanol–water partition coefficient (Wildman–Crippen LogP) is 5.43. The van der Waals surface area contributed by atoms with Crippen LogP contribution in [-0.4, -0.2) is 15.6 Å². The van der Waals surface area contributed by atoms with Crippen LogP contribution in [0.4, 0.5) is 4.39 Å². The van der Waals surface area contributed by atoms with E-state index in [9.17, 15) is 14.4 Å². The second kappa shape index (κ2) is 8.56. The molecule has 0 radical (unpaired) electrons. The van der Waals surface area contributed by atoms with Gasteiger partial charge in [0.2, 0.25) is 0 Å². The fourth-order valence-electron chi connectivity index (χ4n) is 3.23. The van der Waals surface area contributed by atoms with Crippen LogP contribution in [0.5, 0.6) is 5.75 Å². The van der Waals surface area contributed by atoms with Gasteiger partial charge in [0.15, 0.2) is 0 Å². The maximum Gasteiger partial charge on any atom is 0.335 e. The Balaban J connectivity index is 1.61. The SMILES string of the molecule is N#Cc1cn(-c2ccc(C(=O)O)cc2)cc1-c1cccc(OCc2ccccc2F)c1. The zero-order valence-electron chi connectivity index (χ0n) is 16.3. The average molecular weight is 412 g/mol. The van der Waals surface area contributed by atoms with Gasteiger partial charge in [0, 0.05) is 29.2 Å². The highest BCUT2D eigenvalue weighted by atomic mass is 19.1. The van der Waals surface area contributed by atoms with Gasteiger partial charge in [-0.1, -0.05) is 30.3 Å². The van der Waals surface area contributed by atoms with E-state index >= 15 is 0 Å². The third kappa shape index (κ3) is 4.31. The van der Waals surface area contributed by atoms with Crippen molar-refractivity contribution in [1.29, 1.82) is 5.26 Å². The maximum absolute atomic E-state index is 13.8. The van der Waals surface area contributed by atoms with Gasteiger partial charge in [-0.2, -0.15) is 5.26 Å². The molecular formula is C25H17FN2O3. The molecule has 5 nitrogen and oxygen atoms in total. The normalized spacial score (nSPS) is 10.5. The van der Waals surface area contributed by atoms with Crippen molar-refractivity contribution in [3.05, 3.63) is 108 Å². The van der Waals surface area contributed by atoms with Gasteiger partial charge in [-0.05, 0) is 48.0 Å². The molecule has 1 heterocycles. The third-order valence-electron chi connectivity index (χ3n) is 4.86. The summed E-state index contributed by atoms with van der Waals surface area (Å²) in [4.78, 5) is 11.1. The molecule has 0 amide bonds. The smallest absolute Gasteiger partial charge is 0.335 e. The molecule has 0 bridgehead atoms. The Kier molecular flexibility index (Phi) is 5.50. The summed E-state index contributed by atoms with van der Waals surface area (Å²) in [6.45, 7) is 0.0954.